The van der Waals surface area contributed by atoms with E-state index >= 15 is 0 Å². The van der Waals surface area contributed by atoms with Gasteiger partial charge in [-0.2, -0.15) is 5.10 Å². The van der Waals surface area contributed by atoms with Gasteiger partial charge in [0.1, 0.15) is 12.2 Å². The average Bonchev–Trinajstić information content (AvgIpc) is 3.22. The second-order valence-corrected chi connectivity index (χ2v) is 7.14. The van der Waals surface area contributed by atoms with Gasteiger partial charge in [-0.3, -0.25) is 4.79 Å². The molecule has 2 heterocycles. The van der Waals surface area contributed by atoms with Gasteiger partial charge in [-0.05, 0) is 32.3 Å². The van der Waals surface area contributed by atoms with Crippen LogP contribution in [0.15, 0.2) is 10.2 Å². The van der Waals surface area contributed by atoms with Gasteiger partial charge in [-0.25, -0.2) is 14.5 Å². The molecule has 0 spiro atoms. The van der Waals surface area contributed by atoms with Crippen molar-refractivity contribution in [3.8, 4) is 0 Å². The minimum Gasteiger partial charge on any atom is -0.455 e. The number of thiazole rings is 1. The molecule has 2 aromatic heterocycles. The summed E-state index contributed by atoms with van der Waals surface area (Å²) in [5.41, 5.74) is 1.56. The molecule has 1 aliphatic rings. The smallest absolute Gasteiger partial charge is 0.344 e. The SMILES string of the molecule is Cc1nn(C)c(=O)c(C(=O)OCc2csc(C3CCCC3)n2)c1C. The minimum absolute atomic E-state index is 0.0521. The summed E-state index contributed by atoms with van der Waals surface area (Å²) in [5, 5.41) is 7.13. The molecular weight excluding hydrogens is 326 g/mol. The third-order valence-corrected chi connectivity index (χ3v) is 5.61. The molecule has 3 rings (SSSR count). The van der Waals surface area contributed by atoms with E-state index in [1.807, 2.05) is 5.38 Å². The number of aromatic nitrogens is 3. The summed E-state index contributed by atoms with van der Waals surface area (Å²) >= 11 is 1.63. The van der Waals surface area contributed by atoms with Crippen LogP contribution in [-0.4, -0.2) is 20.7 Å². The number of hydrogen-bond acceptors (Lipinski definition) is 6. The van der Waals surface area contributed by atoms with E-state index in [4.69, 9.17) is 4.74 Å². The Balaban J connectivity index is 1.71. The standard InChI is InChI=1S/C17H21N3O3S/c1-10-11(2)19-20(3)16(21)14(10)17(22)23-8-13-9-24-15(18-13)12-6-4-5-7-12/h9,12H,4-8H2,1-3H3. The molecule has 0 radical (unpaired) electrons. The van der Waals surface area contributed by atoms with Crippen LogP contribution in [0.2, 0.25) is 0 Å². The summed E-state index contributed by atoms with van der Waals surface area (Å²) in [4.78, 5) is 29.1. The zero-order chi connectivity index (χ0) is 17.3. The summed E-state index contributed by atoms with van der Waals surface area (Å²) in [5.74, 6) is -0.0640. The lowest BCUT2D eigenvalue weighted by Gasteiger charge is -2.09. The van der Waals surface area contributed by atoms with Crippen LogP contribution < -0.4 is 5.56 Å². The number of ether oxygens (including phenoxy) is 1. The van der Waals surface area contributed by atoms with Gasteiger partial charge in [0.25, 0.3) is 5.56 Å². The Kier molecular flexibility index (Phi) is 4.80. The molecule has 1 fully saturated rings. The number of carbonyl (C=O) groups excluding carboxylic acids is 1. The molecule has 1 saturated carbocycles. The van der Waals surface area contributed by atoms with Crippen LogP contribution >= 0.6 is 11.3 Å². The number of carbonyl (C=O) groups is 1. The van der Waals surface area contributed by atoms with Crippen molar-refractivity contribution in [2.45, 2.75) is 52.1 Å². The highest BCUT2D eigenvalue weighted by molar-refractivity contribution is 7.09. The highest BCUT2D eigenvalue weighted by Gasteiger charge is 2.22. The van der Waals surface area contributed by atoms with Gasteiger partial charge < -0.3 is 4.74 Å². The fourth-order valence-electron chi connectivity index (χ4n) is 3.05. The fourth-order valence-corrected chi connectivity index (χ4v) is 4.03. The van der Waals surface area contributed by atoms with Crippen LogP contribution in [0.5, 0.6) is 0 Å². The van der Waals surface area contributed by atoms with E-state index in [-0.39, 0.29) is 12.2 Å². The Hall–Kier alpha value is -2.02. The van der Waals surface area contributed by atoms with Gasteiger partial charge in [0.15, 0.2) is 0 Å². The number of nitrogens with zero attached hydrogens (tertiary/aromatic N) is 3. The maximum absolute atomic E-state index is 12.3. The normalized spacial score (nSPS) is 15.0. The summed E-state index contributed by atoms with van der Waals surface area (Å²) in [6, 6.07) is 0. The third kappa shape index (κ3) is 3.26. The summed E-state index contributed by atoms with van der Waals surface area (Å²) in [6.45, 7) is 3.56. The van der Waals surface area contributed by atoms with E-state index in [9.17, 15) is 9.59 Å². The van der Waals surface area contributed by atoms with Crippen molar-refractivity contribution in [3.05, 3.63) is 43.3 Å². The second-order valence-electron chi connectivity index (χ2n) is 6.25. The van der Waals surface area contributed by atoms with Gasteiger partial charge in [0.2, 0.25) is 0 Å². The number of hydrogen-bond donors (Lipinski definition) is 0. The molecule has 0 N–H and O–H groups in total. The molecule has 0 bridgehead atoms. The minimum atomic E-state index is -0.617. The highest BCUT2D eigenvalue weighted by atomic mass is 32.1. The fraction of sp³-hybridized carbons (Fsp3) is 0.529. The summed E-state index contributed by atoms with van der Waals surface area (Å²) in [6.07, 6.45) is 4.91. The van der Waals surface area contributed by atoms with E-state index in [1.54, 1.807) is 25.2 Å². The zero-order valence-electron chi connectivity index (χ0n) is 14.2. The molecular formula is C17H21N3O3S. The predicted molar refractivity (Wildman–Crippen MR) is 91.4 cm³/mol. The largest absolute Gasteiger partial charge is 0.455 e. The van der Waals surface area contributed by atoms with Gasteiger partial charge in [-0.1, -0.05) is 12.8 Å². The number of esters is 1. The first-order valence-corrected chi connectivity index (χ1v) is 9.01. The predicted octanol–water partition coefficient (Wildman–Crippen LogP) is 2.87. The first kappa shape index (κ1) is 16.8. The lowest BCUT2D eigenvalue weighted by atomic mass is 10.1. The molecule has 128 valence electrons. The molecule has 0 aliphatic heterocycles. The molecule has 0 aromatic carbocycles. The van der Waals surface area contributed by atoms with Crippen LogP contribution in [0, 0.1) is 13.8 Å². The van der Waals surface area contributed by atoms with Crippen molar-refractivity contribution in [3.63, 3.8) is 0 Å². The van der Waals surface area contributed by atoms with Gasteiger partial charge in [0, 0.05) is 18.3 Å². The van der Waals surface area contributed by atoms with Crippen molar-refractivity contribution >= 4 is 17.3 Å². The average molecular weight is 347 g/mol. The number of rotatable bonds is 4. The van der Waals surface area contributed by atoms with E-state index in [0.29, 0.717) is 17.2 Å². The van der Waals surface area contributed by atoms with E-state index < -0.39 is 11.5 Å². The highest BCUT2D eigenvalue weighted by Crippen LogP contribution is 2.35. The third-order valence-electron chi connectivity index (χ3n) is 4.55. The van der Waals surface area contributed by atoms with Crippen LogP contribution in [0.1, 0.15) is 63.9 Å². The zero-order valence-corrected chi connectivity index (χ0v) is 15.0. The van der Waals surface area contributed by atoms with Crippen molar-refractivity contribution in [1.82, 2.24) is 14.8 Å². The maximum atomic E-state index is 12.3. The summed E-state index contributed by atoms with van der Waals surface area (Å²) in [7, 11) is 1.53. The number of aryl methyl sites for hydroxylation is 2. The van der Waals surface area contributed by atoms with Crippen LogP contribution in [0.3, 0.4) is 0 Å². The second kappa shape index (κ2) is 6.84. The van der Waals surface area contributed by atoms with Gasteiger partial charge in [-0.15, -0.1) is 11.3 Å². The Labute approximate surface area is 144 Å². The molecule has 0 amide bonds. The molecule has 24 heavy (non-hydrogen) atoms. The first-order chi connectivity index (χ1) is 11.5. The Morgan fingerprint density at radius 2 is 2.08 bits per heavy atom. The molecule has 0 unspecified atom stereocenters. The Morgan fingerprint density at radius 3 is 2.79 bits per heavy atom. The molecule has 6 nitrogen and oxygen atoms in total. The Morgan fingerprint density at radius 1 is 1.38 bits per heavy atom. The monoisotopic (exact) mass is 347 g/mol. The quantitative estimate of drug-likeness (QED) is 0.795. The van der Waals surface area contributed by atoms with Crippen molar-refractivity contribution in [1.29, 1.82) is 0 Å². The molecule has 1 aliphatic carbocycles. The first-order valence-electron chi connectivity index (χ1n) is 8.13. The van der Waals surface area contributed by atoms with E-state index in [0.717, 1.165) is 10.7 Å². The molecule has 2 aromatic rings. The topological polar surface area (TPSA) is 74.1 Å². The summed E-state index contributed by atoms with van der Waals surface area (Å²) < 4.78 is 6.49. The van der Waals surface area contributed by atoms with Gasteiger partial charge in [0.05, 0.1) is 16.4 Å². The molecule has 7 heteroatoms. The van der Waals surface area contributed by atoms with Crippen LogP contribution in [-0.2, 0) is 18.4 Å². The Bertz CT molecular complexity index is 819. The maximum Gasteiger partial charge on any atom is 0.344 e. The van der Waals surface area contributed by atoms with Crippen molar-refractivity contribution in [2.24, 2.45) is 7.05 Å². The molecule has 0 saturated heterocycles. The molecule has 0 atom stereocenters. The van der Waals surface area contributed by atoms with Crippen molar-refractivity contribution < 1.29 is 9.53 Å². The van der Waals surface area contributed by atoms with E-state index in [1.165, 1.54) is 37.4 Å². The van der Waals surface area contributed by atoms with Crippen LogP contribution in [0.25, 0.3) is 0 Å². The van der Waals surface area contributed by atoms with Crippen LogP contribution in [0.4, 0.5) is 0 Å². The van der Waals surface area contributed by atoms with Crippen molar-refractivity contribution in [2.75, 3.05) is 0 Å². The van der Waals surface area contributed by atoms with Gasteiger partial charge >= 0.3 is 5.97 Å². The lowest BCUT2D eigenvalue weighted by Crippen LogP contribution is -2.29. The van der Waals surface area contributed by atoms with E-state index in [2.05, 4.69) is 10.1 Å². The lowest BCUT2D eigenvalue weighted by molar-refractivity contribution is 0.0463.